The first-order valence-corrected chi connectivity index (χ1v) is 4.13. The largest absolute Gasteiger partial charge is 0.383 e. The number of nitrogens with one attached hydrogen (secondary N) is 1. The SMILES string of the molecule is CN[C@H](C)c1cc([N+](=O)[O-])cnc1N. The van der Waals surface area contributed by atoms with Gasteiger partial charge in [0.1, 0.15) is 12.0 Å². The molecule has 0 aromatic carbocycles. The van der Waals surface area contributed by atoms with Gasteiger partial charge in [0.15, 0.2) is 0 Å². The second kappa shape index (κ2) is 4.01. The molecule has 6 heteroatoms. The molecule has 1 aromatic heterocycles. The number of nitro groups is 1. The van der Waals surface area contributed by atoms with Crippen molar-refractivity contribution in [2.24, 2.45) is 0 Å². The second-order valence-electron chi connectivity index (χ2n) is 2.94. The Bertz CT molecular complexity index is 353. The molecular formula is C8H12N4O2. The topological polar surface area (TPSA) is 94.1 Å². The number of pyridine rings is 1. The average Bonchev–Trinajstić information content (AvgIpc) is 2.17. The zero-order chi connectivity index (χ0) is 10.7. The van der Waals surface area contributed by atoms with E-state index in [0.29, 0.717) is 11.4 Å². The van der Waals surface area contributed by atoms with Gasteiger partial charge in [-0.05, 0) is 14.0 Å². The average molecular weight is 196 g/mol. The van der Waals surface area contributed by atoms with Gasteiger partial charge >= 0.3 is 0 Å². The predicted molar refractivity (Wildman–Crippen MR) is 52.8 cm³/mol. The van der Waals surface area contributed by atoms with Gasteiger partial charge in [-0.2, -0.15) is 0 Å². The Labute approximate surface area is 81.3 Å². The molecule has 0 aliphatic carbocycles. The van der Waals surface area contributed by atoms with Crippen molar-refractivity contribution in [1.29, 1.82) is 0 Å². The maximum Gasteiger partial charge on any atom is 0.288 e. The Balaban J connectivity index is 3.14. The lowest BCUT2D eigenvalue weighted by atomic mass is 10.1. The summed E-state index contributed by atoms with van der Waals surface area (Å²) < 4.78 is 0. The van der Waals surface area contributed by atoms with Gasteiger partial charge in [-0.15, -0.1) is 0 Å². The summed E-state index contributed by atoms with van der Waals surface area (Å²) in [4.78, 5) is 13.8. The number of rotatable bonds is 3. The van der Waals surface area contributed by atoms with Crippen LogP contribution in [0, 0.1) is 10.1 Å². The monoisotopic (exact) mass is 196 g/mol. The van der Waals surface area contributed by atoms with Crippen LogP contribution in [-0.4, -0.2) is 17.0 Å². The Hall–Kier alpha value is -1.69. The van der Waals surface area contributed by atoms with Crippen molar-refractivity contribution in [1.82, 2.24) is 10.3 Å². The van der Waals surface area contributed by atoms with Crippen molar-refractivity contribution in [3.05, 3.63) is 27.9 Å². The quantitative estimate of drug-likeness (QED) is 0.552. The highest BCUT2D eigenvalue weighted by Gasteiger charge is 2.13. The number of hydrogen-bond donors (Lipinski definition) is 2. The van der Waals surface area contributed by atoms with E-state index in [0.717, 1.165) is 6.20 Å². The standard InChI is InChI=1S/C8H12N4O2/c1-5(10-2)7-3-6(12(13)14)4-11-8(7)9/h3-5,10H,1-2H3,(H2,9,11)/t5-/m1/s1. The first kappa shape index (κ1) is 10.4. The molecule has 0 radical (unpaired) electrons. The van der Waals surface area contributed by atoms with Crippen LogP contribution in [-0.2, 0) is 0 Å². The van der Waals surface area contributed by atoms with Gasteiger partial charge in [-0.3, -0.25) is 10.1 Å². The minimum atomic E-state index is -0.488. The first-order chi connectivity index (χ1) is 6.56. The van der Waals surface area contributed by atoms with Crippen LogP contribution in [0.5, 0.6) is 0 Å². The Kier molecular flexibility index (Phi) is 2.98. The molecule has 1 atom stereocenters. The highest BCUT2D eigenvalue weighted by atomic mass is 16.6. The van der Waals surface area contributed by atoms with Crippen molar-refractivity contribution in [2.45, 2.75) is 13.0 Å². The Morgan fingerprint density at radius 2 is 2.36 bits per heavy atom. The van der Waals surface area contributed by atoms with Crippen molar-refractivity contribution >= 4 is 11.5 Å². The lowest BCUT2D eigenvalue weighted by Crippen LogP contribution is -2.15. The Morgan fingerprint density at radius 1 is 1.71 bits per heavy atom. The van der Waals surface area contributed by atoms with Gasteiger partial charge in [0, 0.05) is 17.7 Å². The lowest BCUT2D eigenvalue weighted by molar-refractivity contribution is -0.385. The third-order valence-corrected chi connectivity index (χ3v) is 2.05. The van der Waals surface area contributed by atoms with Crippen LogP contribution in [0.2, 0.25) is 0 Å². The lowest BCUT2D eigenvalue weighted by Gasteiger charge is -2.11. The summed E-state index contributed by atoms with van der Waals surface area (Å²) in [7, 11) is 1.75. The molecule has 1 aromatic rings. The molecular weight excluding hydrogens is 184 g/mol. The summed E-state index contributed by atoms with van der Waals surface area (Å²) in [5.74, 6) is 0.317. The number of hydrogen-bond acceptors (Lipinski definition) is 5. The van der Waals surface area contributed by atoms with Gasteiger partial charge in [0.05, 0.1) is 4.92 Å². The molecule has 0 aliphatic rings. The molecule has 76 valence electrons. The fourth-order valence-electron chi connectivity index (χ4n) is 1.08. The highest BCUT2D eigenvalue weighted by Crippen LogP contribution is 2.22. The van der Waals surface area contributed by atoms with Crippen molar-refractivity contribution < 1.29 is 4.92 Å². The molecule has 0 aliphatic heterocycles. The summed E-state index contributed by atoms with van der Waals surface area (Å²) in [6, 6.07) is 1.38. The minimum Gasteiger partial charge on any atom is -0.383 e. The van der Waals surface area contributed by atoms with E-state index in [4.69, 9.17) is 5.73 Å². The van der Waals surface area contributed by atoms with Gasteiger partial charge in [0.25, 0.3) is 5.69 Å². The number of anilines is 1. The van der Waals surface area contributed by atoms with Gasteiger partial charge in [0.2, 0.25) is 0 Å². The third kappa shape index (κ3) is 1.97. The molecule has 1 heterocycles. The molecule has 6 nitrogen and oxygen atoms in total. The molecule has 0 saturated carbocycles. The van der Waals surface area contributed by atoms with Crippen molar-refractivity contribution in [3.8, 4) is 0 Å². The maximum absolute atomic E-state index is 10.5. The zero-order valence-electron chi connectivity index (χ0n) is 8.02. The fraction of sp³-hybridized carbons (Fsp3) is 0.375. The predicted octanol–water partition coefficient (Wildman–Crippen LogP) is 0.852. The number of nitrogens with two attached hydrogens (primary N) is 1. The van der Waals surface area contributed by atoms with Gasteiger partial charge < -0.3 is 11.1 Å². The summed E-state index contributed by atoms with van der Waals surface area (Å²) in [6.45, 7) is 1.86. The van der Waals surface area contributed by atoms with Crippen molar-refractivity contribution in [3.63, 3.8) is 0 Å². The van der Waals surface area contributed by atoms with E-state index in [2.05, 4.69) is 10.3 Å². The van der Waals surface area contributed by atoms with E-state index in [1.807, 2.05) is 6.92 Å². The third-order valence-electron chi connectivity index (χ3n) is 2.05. The number of nitrogen functional groups attached to an aromatic ring is 1. The van der Waals surface area contributed by atoms with Crippen LogP contribution >= 0.6 is 0 Å². The maximum atomic E-state index is 10.5. The van der Waals surface area contributed by atoms with Crippen LogP contribution in [0.1, 0.15) is 18.5 Å². The molecule has 0 saturated heterocycles. The van der Waals surface area contributed by atoms with E-state index >= 15 is 0 Å². The summed E-state index contributed by atoms with van der Waals surface area (Å²) in [6.07, 6.45) is 1.15. The van der Waals surface area contributed by atoms with Crippen LogP contribution in [0.3, 0.4) is 0 Å². The van der Waals surface area contributed by atoms with Crippen molar-refractivity contribution in [2.75, 3.05) is 12.8 Å². The van der Waals surface area contributed by atoms with E-state index in [9.17, 15) is 10.1 Å². The summed E-state index contributed by atoms with van der Waals surface area (Å²) in [5, 5.41) is 13.4. The minimum absolute atomic E-state index is 0.0451. The molecule has 1 rings (SSSR count). The normalized spacial score (nSPS) is 12.4. The summed E-state index contributed by atoms with van der Waals surface area (Å²) >= 11 is 0. The molecule has 0 unspecified atom stereocenters. The molecule has 14 heavy (non-hydrogen) atoms. The van der Waals surface area contributed by atoms with Crippen LogP contribution in [0.15, 0.2) is 12.3 Å². The number of nitrogens with zero attached hydrogens (tertiary/aromatic N) is 2. The summed E-state index contributed by atoms with van der Waals surface area (Å²) in [5.41, 5.74) is 6.19. The van der Waals surface area contributed by atoms with Crippen LogP contribution < -0.4 is 11.1 Å². The molecule has 0 fully saturated rings. The molecule has 0 amide bonds. The van der Waals surface area contributed by atoms with E-state index in [1.54, 1.807) is 7.05 Å². The van der Waals surface area contributed by atoms with Gasteiger partial charge in [-0.1, -0.05) is 0 Å². The van der Waals surface area contributed by atoms with Gasteiger partial charge in [-0.25, -0.2) is 4.98 Å². The Morgan fingerprint density at radius 3 is 2.86 bits per heavy atom. The van der Waals surface area contributed by atoms with E-state index < -0.39 is 4.92 Å². The van der Waals surface area contributed by atoms with E-state index in [-0.39, 0.29) is 11.7 Å². The van der Waals surface area contributed by atoms with Crippen LogP contribution in [0.25, 0.3) is 0 Å². The highest BCUT2D eigenvalue weighted by molar-refractivity contribution is 5.47. The molecule has 3 N–H and O–H groups in total. The second-order valence-corrected chi connectivity index (χ2v) is 2.94. The fourth-order valence-corrected chi connectivity index (χ4v) is 1.08. The first-order valence-electron chi connectivity index (χ1n) is 4.13. The molecule has 0 spiro atoms. The number of aromatic nitrogens is 1. The van der Waals surface area contributed by atoms with Crippen LogP contribution in [0.4, 0.5) is 11.5 Å². The smallest absolute Gasteiger partial charge is 0.288 e. The van der Waals surface area contributed by atoms with E-state index in [1.165, 1.54) is 6.07 Å². The molecule has 0 bridgehead atoms. The zero-order valence-corrected chi connectivity index (χ0v) is 8.02.